The van der Waals surface area contributed by atoms with Gasteiger partial charge >= 0.3 is 0 Å². The van der Waals surface area contributed by atoms with Crippen molar-refractivity contribution in [1.29, 1.82) is 0 Å². The molecule has 1 fully saturated rings. The van der Waals surface area contributed by atoms with E-state index < -0.39 is 0 Å². The van der Waals surface area contributed by atoms with Gasteiger partial charge in [-0.3, -0.25) is 4.79 Å². The Morgan fingerprint density at radius 1 is 1.47 bits per heavy atom. The van der Waals surface area contributed by atoms with Crippen LogP contribution in [0.4, 0.5) is 5.69 Å². The lowest BCUT2D eigenvalue weighted by Gasteiger charge is -2.14. The first-order valence-corrected chi connectivity index (χ1v) is 5.34. The van der Waals surface area contributed by atoms with Crippen molar-refractivity contribution in [3.8, 4) is 0 Å². The SMILES string of the molecule is Cn1cc(NC2CCC(N)C2)ccc1=O. The summed E-state index contributed by atoms with van der Waals surface area (Å²) in [5, 5.41) is 3.40. The predicted molar refractivity (Wildman–Crippen MR) is 60.9 cm³/mol. The summed E-state index contributed by atoms with van der Waals surface area (Å²) in [5.41, 5.74) is 6.85. The second-order valence-corrected chi connectivity index (χ2v) is 4.28. The molecule has 1 aliphatic rings. The normalized spacial score (nSPS) is 25.5. The van der Waals surface area contributed by atoms with E-state index >= 15 is 0 Å². The van der Waals surface area contributed by atoms with Crippen LogP contribution in [-0.4, -0.2) is 16.7 Å². The van der Waals surface area contributed by atoms with Crippen molar-refractivity contribution < 1.29 is 0 Å². The second-order valence-electron chi connectivity index (χ2n) is 4.28. The molecular formula is C11H17N3O. The van der Waals surface area contributed by atoms with Crippen molar-refractivity contribution in [1.82, 2.24) is 4.57 Å². The minimum atomic E-state index is 0.0173. The summed E-state index contributed by atoms with van der Waals surface area (Å²) in [6, 6.07) is 4.19. The van der Waals surface area contributed by atoms with E-state index in [1.165, 1.54) is 0 Å². The Bertz CT molecular complexity index is 399. The third kappa shape index (κ3) is 2.39. The lowest BCUT2D eigenvalue weighted by molar-refractivity contribution is 0.687. The van der Waals surface area contributed by atoms with Crippen LogP contribution in [0.1, 0.15) is 19.3 Å². The third-order valence-corrected chi connectivity index (χ3v) is 2.93. The Morgan fingerprint density at radius 3 is 2.87 bits per heavy atom. The topological polar surface area (TPSA) is 60.1 Å². The van der Waals surface area contributed by atoms with E-state index in [1.54, 1.807) is 17.7 Å². The summed E-state index contributed by atoms with van der Waals surface area (Å²) in [6.07, 6.45) is 5.04. The summed E-state index contributed by atoms with van der Waals surface area (Å²) in [5.74, 6) is 0. The molecular weight excluding hydrogens is 190 g/mol. The maximum absolute atomic E-state index is 11.2. The summed E-state index contributed by atoms with van der Waals surface area (Å²) in [7, 11) is 1.76. The molecule has 2 atom stereocenters. The van der Waals surface area contributed by atoms with Gasteiger partial charge in [0, 0.05) is 31.4 Å². The molecule has 1 aromatic rings. The number of aryl methyl sites for hydroxylation is 1. The molecule has 1 aliphatic carbocycles. The van der Waals surface area contributed by atoms with E-state index in [-0.39, 0.29) is 5.56 Å². The third-order valence-electron chi connectivity index (χ3n) is 2.93. The van der Waals surface area contributed by atoms with Gasteiger partial charge in [-0.15, -0.1) is 0 Å². The lowest BCUT2D eigenvalue weighted by atomic mass is 10.2. The largest absolute Gasteiger partial charge is 0.381 e. The molecule has 1 saturated carbocycles. The van der Waals surface area contributed by atoms with Crippen LogP contribution < -0.4 is 16.6 Å². The molecule has 0 bridgehead atoms. The van der Waals surface area contributed by atoms with Crippen LogP contribution in [0, 0.1) is 0 Å². The first-order chi connectivity index (χ1) is 7.15. The fourth-order valence-electron chi connectivity index (χ4n) is 2.06. The smallest absolute Gasteiger partial charge is 0.250 e. The molecule has 0 radical (unpaired) electrons. The van der Waals surface area contributed by atoms with Crippen LogP contribution in [0.2, 0.25) is 0 Å². The van der Waals surface area contributed by atoms with Gasteiger partial charge in [-0.05, 0) is 25.3 Å². The monoisotopic (exact) mass is 207 g/mol. The number of nitrogens with zero attached hydrogens (tertiary/aromatic N) is 1. The van der Waals surface area contributed by atoms with E-state index in [4.69, 9.17) is 5.73 Å². The second kappa shape index (κ2) is 4.06. The molecule has 3 N–H and O–H groups in total. The maximum atomic E-state index is 11.2. The molecule has 0 amide bonds. The van der Waals surface area contributed by atoms with Crippen LogP contribution in [0.3, 0.4) is 0 Å². The van der Waals surface area contributed by atoms with E-state index in [0.717, 1.165) is 24.9 Å². The van der Waals surface area contributed by atoms with Gasteiger partial charge in [-0.25, -0.2) is 0 Å². The first kappa shape index (κ1) is 10.2. The lowest BCUT2D eigenvalue weighted by Crippen LogP contribution is -2.22. The molecule has 2 rings (SSSR count). The number of anilines is 1. The fourth-order valence-corrected chi connectivity index (χ4v) is 2.06. The van der Waals surface area contributed by atoms with Gasteiger partial charge in [-0.1, -0.05) is 0 Å². The number of pyridine rings is 1. The Balaban J connectivity index is 2.05. The summed E-state index contributed by atoms with van der Waals surface area (Å²) in [4.78, 5) is 11.2. The molecule has 4 nitrogen and oxygen atoms in total. The zero-order valence-corrected chi connectivity index (χ0v) is 8.94. The van der Waals surface area contributed by atoms with Crippen LogP contribution in [-0.2, 0) is 7.05 Å². The quantitative estimate of drug-likeness (QED) is 0.749. The highest BCUT2D eigenvalue weighted by atomic mass is 16.1. The van der Waals surface area contributed by atoms with Crippen LogP contribution in [0.5, 0.6) is 0 Å². The molecule has 82 valence electrons. The molecule has 0 spiro atoms. The zero-order chi connectivity index (χ0) is 10.8. The summed E-state index contributed by atoms with van der Waals surface area (Å²) in [6.45, 7) is 0. The molecule has 0 aliphatic heterocycles. The average molecular weight is 207 g/mol. The van der Waals surface area contributed by atoms with Crippen LogP contribution >= 0.6 is 0 Å². The predicted octanol–water partition coefficient (Wildman–Crippen LogP) is 0.677. The van der Waals surface area contributed by atoms with Crippen LogP contribution in [0.25, 0.3) is 0 Å². The highest BCUT2D eigenvalue weighted by Crippen LogP contribution is 2.20. The van der Waals surface area contributed by atoms with Gasteiger partial charge in [0.1, 0.15) is 0 Å². The molecule has 15 heavy (non-hydrogen) atoms. The van der Waals surface area contributed by atoms with Gasteiger partial charge in [0.2, 0.25) is 5.56 Å². The Labute approximate surface area is 89.1 Å². The number of hydrogen-bond donors (Lipinski definition) is 2. The summed E-state index contributed by atoms with van der Waals surface area (Å²) >= 11 is 0. The van der Waals surface area contributed by atoms with Crippen LogP contribution in [0.15, 0.2) is 23.1 Å². The highest BCUT2D eigenvalue weighted by Gasteiger charge is 2.21. The fraction of sp³-hybridized carbons (Fsp3) is 0.545. The van der Waals surface area contributed by atoms with Gasteiger partial charge < -0.3 is 15.6 Å². The Kier molecular flexibility index (Phi) is 2.77. The van der Waals surface area contributed by atoms with Crippen molar-refractivity contribution in [2.75, 3.05) is 5.32 Å². The number of nitrogens with one attached hydrogen (secondary N) is 1. The molecule has 4 heteroatoms. The maximum Gasteiger partial charge on any atom is 0.250 e. The molecule has 1 heterocycles. The minimum absolute atomic E-state index is 0.0173. The zero-order valence-electron chi connectivity index (χ0n) is 8.94. The Hall–Kier alpha value is -1.29. The molecule has 0 aromatic carbocycles. The molecule has 0 saturated heterocycles. The Morgan fingerprint density at radius 2 is 2.27 bits per heavy atom. The van der Waals surface area contributed by atoms with Gasteiger partial charge in [0.25, 0.3) is 0 Å². The van der Waals surface area contributed by atoms with Gasteiger partial charge in [-0.2, -0.15) is 0 Å². The highest BCUT2D eigenvalue weighted by molar-refractivity contribution is 5.41. The average Bonchev–Trinajstić information content (AvgIpc) is 2.58. The van der Waals surface area contributed by atoms with Crippen molar-refractivity contribution >= 4 is 5.69 Å². The van der Waals surface area contributed by atoms with Gasteiger partial charge in [0.15, 0.2) is 0 Å². The molecule has 1 aromatic heterocycles. The van der Waals surface area contributed by atoms with E-state index in [1.807, 2.05) is 12.3 Å². The number of rotatable bonds is 2. The first-order valence-electron chi connectivity index (χ1n) is 5.34. The number of hydrogen-bond acceptors (Lipinski definition) is 3. The van der Waals surface area contributed by atoms with Crippen molar-refractivity contribution in [3.63, 3.8) is 0 Å². The van der Waals surface area contributed by atoms with E-state index in [2.05, 4.69) is 5.32 Å². The van der Waals surface area contributed by atoms with E-state index in [0.29, 0.717) is 12.1 Å². The minimum Gasteiger partial charge on any atom is -0.381 e. The standard InChI is InChI=1S/C11H17N3O/c1-14-7-10(4-5-11(14)15)13-9-3-2-8(12)6-9/h4-5,7-9,13H,2-3,6,12H2,1H3. The van der Waals surface area contributed by atoms with Crippen molar-refractivity contribution in [3.05, 3.63) is 28.7 Å². The number of nitrogens with two attached hydrogens (primary N) is 1. The van der Waals surface area contributed by atoms with E-state index in [9.17, 15) is 4.79 Å². The van der Waals surface area contributed by atoms with Gasteiger partial charge in [0.05, 0.1) is 5.69 Å². The molecule has 2 unspecified atom stereocenters. The number of aromatic nitrogens is 1. The van der Waals surface area contributed by atoms with Crippen molar-refractivity contribution in [2.24, 2.45) is 12.8 Å². The van der Waals surface area contributed by atoms with Crippen molar-refractivity contribution in [2.45, 2.75) is 31.3 Å². The summed E-state index contributed by atoms with van der Waals surface area (Å²) < 4.78 is 1.58.